The second-order valence-electron chi connectivity index (χ2n) is 5.30. The summed E-state index contributed by atoms with van der Waals surface area (Å²) in [6.07, 6.45) is 12.2. The van der Waals surface area contributed by atoms with Crippen LogP contribution in [0, 0.1) is 5.92 Å². The van der Waals surface area contributed by atoms with Crippen LogP contribution in [-0.4, -0.2) is 5.54 Å². The molecule has 0 aromatic rings. The summed E-state index contributed by atoms with van der Waals surface area (Å²) >= 11 is 0. The molecule has 1 nitrogen and oxygen atoms in total. The Labute approximate surface area is 89.5 Å². The van der Waals surface area contributed by atoms with Gasteiger partial charge in [0.15, 0.2) is 0 Å². The standard InChI is InChI=1S/C13H27N/c1-3-9-12-10-7-5-4-6-8-11-13(12,2)14/h12H,3-11,14H2,1-2H3/t12?,13-/m0/s1. The van der Waals surface area contributed by atoms with Crippen molar-refractivity contribution < 1.29 is 0 Å². The Morgan fingerprint density at radius 1 is 1.14 bits per heavy atom. The summed E-state index contributed by atoms with van der Waals surface area (Å²) < 4.78 is 0. The second-order valence-corrected chi connectivity index (χ2v) is 5.30. The minimum absolute atomic E-state index is 0.111. The molecule has 0 aromatic carbocycles. The van der Waals surface area contributed by atoms with E-state index in [1.165, 1.54) is 57.8 Å². The Hall–Kier alpha value is -0.0400. The van der Waals surface area contributed by atoms with E-state index in [9.17, 15) is 0 Å². The van der Waals surface area contributed by atoms with Crippen LogP contribution >= 0.6 is 0 Å². The van der Waals surface area contributed by atoms with Crippen LogP contribution < -0.4 is 5.73 Å². The monoisotopic (exact) mass is 197 g/mol. The summed E-state index contributed by atoms with van der Waals surface area (Å²) in [4.78, 5) is 0. The molecule has 1 saturated carbocycles. The lowest BCUT2D eigenvalue weighted by Gasteiger charge is -2.34. The smallest absolute Gasteiger partial charge is 0.0154 e. The Balaban J connectivity index is 2.54. The predicted molar refractivity (Wildman–Crippen MR) is 63.3 cm³/mol. The number of hydrogen-bond acceptors (Lipinski definition) is 1. The van der Waals surface area contributed by atoms with Crippen molar-refractivity contribution in [3.05, 3.63) is 0 Å². The highest BCUT2D eigenvalue weighted by molar-refractivity contribution is 4.87. The summed E-state index contributed by atoms with van der Waals surface area (Å²) in [6.45, 7) is 4.56. The van der Waals surface area contributed by atoms with E-state index in [-0.39, 0.29) is 5.54 Å². The lowest BCUT2D eigenvalue weighted by molar-refractivity contribution is 0.240. The zero-order chi connectivity index (χ0) is 10.4. The van der Waals surface area contributed by atoms with Gasteiger partial charge in [-0.15, -0.1) is 0 Å². The molecule has 2 N–H and O–H groups in total. The summed E-state index contributed by atoms with van der Waals surface area (Å²) in [5, 5.41) is 0. The molecule has 1 unspecified atom stereocenters. The Morgan fingerprint density at radius 3 is 2.50 bits per heavy atom. The molecule has 2 atom stereocenters. The van der Waals surface area contributed by atoms with Crippen molar-refractivity contribution in [3.63, 3.8) is 0 Å². The van der Waals surface area contributed by atoms with E-state index in [1.54, 1.807) is 0 Å². The topological polar surface area (TPSA) is 26.0 Å². The minimum atomic E-state index is 0.111. The average Bonchev–Trinajstić information content (AvgIpc) is 2.20. The van der Waals surface area contributed by atoms with Gasteiger partial charge >= 0.3 is 0 Å². The van der Waals surface area contributed by atoms with E-state index >= 15 is 0 Å². The molecular weight excluding hydrogens is 170 g/mol. The fourth-order valence-corrected chi connectivity index (χ4v) is 2.78. The summed E-state index contributed by atoms with van der Waals surface area (Å²) in [7, 11) is 0. The van der Waals surface area contributed by atoms with Crippen LogP contribution in [0.15, 0.2) is 0 Å². The molecule has 1 aliphatic rings. The summed E-state index contributed by atoms with van der Waals surface area (Å²) in [6, 6.07) is 0. The zero-order valence-electron chi connectivity index (χ0n) is 10.0. The van der Waals surface area contributed by atoms with E-state index in [0.717, 1.165) is 5.92 Å². The van der Waals surface area contributed by atoms with Gasteiger partial charge in [0.1, 0.15) is 0 Å². The SMILES string of the molecule is CCCC1CCCCCCC[C@]1(C)N. The van der Waals surface area contributed by atoms with Crippen LogP contribution in [0.1, 0.15) is 71.6 Å². The second kappa shape index (κ2) is 5.75. The highest BCUT2D eigenvalue weighted by Crippen LogP contribution is 2.31. The fourth-order valence-electron chi connectivity index (χ4n) is 2.78. The number of nitrogens with two attached hydrogens (primary N) is 1. The van der Waals surface area contributed by atoms with Crippen molar-refractivity contribution in [1.82, 2.24) is 0 Å². The first-order valence-electron chi connectivity index (χ1n) is 6.45. The third-order valence-corrected chi connectivity index (χ3v) is 3.84. The molecule has 0 aliphatic heterocycles. The summed E-state index contributed by atoms with van der Waals surface area (Å²) in [5.74, 6) is 0.769. The van der Waals surface area contributed by atoms with Crippen molar-refractivity contribution >= 4 is 0 Å². The van der Waals surface area contributed by atoms with E-state index in [1.807, 2.05) is 0 Å². The molecule has 1 rings (SSSR count). The third kappa shape index (κ3) is 3.61. The molecule has 14 heavy (non-hydrogen) atoms. The van der Waals surface area contributed by atoms with Gasteiger partial charge in [-0.1, -0.05) is 45.4 Å². The van der Waals surface area contributed by atoms with Crippen molar-refractivity contribution in [2.24, 2.45) is 11.7 Å². The first-order chi connectivity index (χ1) is 6.67. The molecule has 1 aliphatic carbocycles. The molecular formula is C13H27N. The average molecular weight is 197 g/mol. The van der Waals surface area contributed by atoms with Gasteiger partial charge in [-0.25, -0.2) is 0 Å². The molecule has 1 heteroatoms. The van der Waals surface area contributed by atoms with E-state index in [0.29, 0.717) is 0 Å². The van der Waals surface area contributed by atoms with Crippen molar-refractivity contribution in [2.75, 3.05) is 0 Å². The van der Waals surface area contributed by atoms with Gasteiger partial charge in [0.25, 0.3) is 0 Å². The van der Waals surface area contributed by atoms with E-state index in [4.69, 9.17) is 5.73 Å². The zero-order valence-corrected chi connectivity index (χ0v) is 10.0. The van der Waals surface area contributed by atoms with Gasteiger partial charge in [0.05, 0.1) is 0 Å². The lowest BCUT2D eigenvalue weighted by Crippen LogP contribution is -2.44. The van der Waals surface area contributed by atoms with Crippen LogP contribution in [0.4, 0.5) is 0 Å². The molecule has 0 heterocycles. The number of hydrogen-bond donors (Lipinski definition) is 1. The van der Waals surface area contributed by atoms with E-state index < -0.39 is 0 Å². The van der Waals surface area contributed by atoms with Gasteiger partial charge in [-0.05, 0) is 32.1 Å². The molecule has 84 valence electrons. The van der Waals surface area contributed by atoms with Crippen LogP contribution in [0.3, 0.4) is 0 Å². The van der Waals surface area contributed by atoms with Crippen LogP contribution in [0.2, 0.25) is 0 Å². The molecule has 1 fully saturated rings. The van der Waals surface area contributed by atoms with Gasteiger partial charge in [-0.2, -0.15) is 0 Å². The molecule has 0 aromatic heterocycles. The molecule has 0 radical (unpaired) electrons. The Morgan fingerprint density at radius 2 is 1.79 bits per heavy atom. The number of rotatable bonds is 2. The first kappa shape index (κ1) is 12.0. The Bertz CT molecular complexity index is 151. The highest BCUT2D eigenvalue weighted by atomic mass is 14.7. The maximum atomic E-state index is 6.45. The molecule has 0 spiro atoms. The molecule has 0 amide bonds. The van der Waals surface area contributed by atoms with Gasteiger partial charge in [0, 0.05) is 5.54 Å². The maximum Gasteiger partial charge on any atom is 0.0154 e. The lowest BCUT2D eigenvalue weighted by atomic mass is 9.78. The van der Waals surface area contributed by atoms with Gasteiger partial charge < -0.3 is 5.73 Å². The van der Waals surface area contributed by atoms with Crippen molar-refractivity contribution in [2.45, 2.75) is 77.2 Å². The predicted octanol–water partition coefficient (Wildman–Crippen LogP) is 3.86. The fraction of sp³-hybridized carbons (Fsp3) is 1.00. The third-order valence-electron chi connectivity index (χ3n) is 3.84. The van der Waals surface area contributed by atoms with Crippen LogP contribution in [0.5, 0.6) is 0 Å². The van der Waals surface area contributed by atoms with Gasteiger partial charge in [-0.3, -0.25) is 0 Å². The largest absolute Gasteiger partial charge is 0.325 e. The maximum absolute atomic E-state index is 6.45. The van der Waals surface area contributed by atoms with Crippen molar-refractivity contribution in [1.29, 1.82) is 0 Å². The molecule has 0 saturated heterocycles. The summed E-state index contributed by atoms with van der Waals surface area (Å²) in [5.41, 5.74) is 6.56. The Kier molecular flexibility index (Phi) is 4.94. The van der Waals surface area contributed by atoms with Gasteiger partial charge in [0.2, 0.25) is 0 Å². The van der Waals surface area contributed by atoms with Crippen molar-refractivity contribution in [3.8, 4) is 0 Å². The normalized spacial score (nSPS) is 35.8. The first-order valence-corrected chi connectivity index (χ1v) is 6.45. The highest BCUT2D eigenvalue weighted by Gasteiger charge is 2.28. The van der Waals surface area contributed by atoms with Crippen LogP contribution in [-0.2, 0) is 0 Å². The van der Waals surface area contributed by atoms with Crippen LogP contribution in [0.25, 0.3) is 0 Å². The molecule has 0 bridgehead atoms. The minimum Gasteiger partial charge on any atom is -0.325 e. The quantitative estimate of drug-likeness (QED) is 0.714. The van der Waals surface area contributed by atoms with E-state index in [2.05, 4.69) is 13.8 Å².